The number of aryl methyl sites for hydroxylation is 1. The molecule has 122 valence electrons. The molecule has 22 heavy (non-hydrogen) atoms. The number of benzene rings is 1. The van der Waals surface area contributed by atoms with Gasteiger partial charge in [-0.05, 0) is 49.6 Å². The molecule has 2 rings (SSSR count). The first-order valence-corrected chi connectivity index (χ1v) is 8.71. The second-order valence-corrected chi connectivity index (χ2v) is 7.11. The summed E-state index contributed by atoms with van der Waals surface area (Å²) >= 11 is 9.74. The number of nitrogens with zero attached hydrogens (tertiary/aromatic N) is 1. The molecule has 1 aromatic rings. The van der Waals surface area contributed by atoms with Gasteiger partial charge in [-0.25, -0.2) is 0 Å². The number of likely N-dealkylation sites (N-methyl/N-ethyl adjacent to an activating group) is 1. The molecule has 0 heterocycles. The van der Waals surface area contributed by atoms with Crippen molar-refractivity contribution in [3.05, 3.63) is 32.8 Å². The van der Waals surface area contributed by atoms with Gasteiger partial charge in [0.05, 0.1) is 6.54 Å². The zero-order valence-corrected chi connectivity index (χ0v) is 15.2. The molecule has 0 unspecified atom stereocenters. The lowest BCUT2D eigenvalue weighted by molar-refractivity contribution is -0.139. The van der Waals surface area contributed by atoms with Crippen molar-refractivity contribution in [3.8, 4) is 0 Å². The molecule has 0 aliphatic heterocycles. The maximum Gasteiger partial charge on any atom is 0.317 e. The Morgan fingerprint density at radius 3 is 2.77 bits per heavy atom. The summed E-state index contributed by atoms with van der Waals surface area (Å²) in [6.45, 7) is 5.68. The topological polar surface area (TPSA) is 52.6 Å². The Morgan fingerprint density at radius 1 is 1.50 bits per heavy atom. The van der Waals surface area contributed by atoms with Crippen LogP contribution < -0.4 is 5.32 Å². The fraction of sp³-hybridized carbons (Fsp3) is 0.562. The maximum atomic E-state index is 10.8. The molecule has 1 saturated carbocycles. The summed E-state index contributed by atoms with van der Waals surface area (Å²) < 4.78 is 1.07. The normalized spacial score (nSPS) is 21.0. The number of nitrogens with one attached hydrogen (secondary N) is 1. The van der Waals surface area contributed by atoms with Crippen LogP contribution in [-0.2, 0) is 11.3 Å². The number of aliphatic carboxylic acids is 1. The van der Waals surface area contributed by atoms with E-state index >= 15 is 0 Å². The van der Waals surface area contributed by atoms with E-state index in [-0.39, 0.29) is 6.54 Å². The van der Waals surface area contributed by atoms with E-state index in [4.69, 9.17) is 16.7 Å². The van der Waals surface area contributed by atoms with Crippen LogP contribution in [0.4, 0.5) is 0 Å². The Balaban J connectivity index is 1.81. The Morgan fingerprint density at radius 2 is 2.18 bits per heavy atom. The standard InChI is InChI=1S/C16H22BrClN2O2/c1-3-20(9-16(21)22)13-6-12(7-13)19-8-11-5-15(18)10(2)4-14(11)17/h4-5,12-13,19H,3,6-9H2,1-2H3,(H,21,22). The lowest BCUT2D eigenvalue weighted by Crippen LogP contribution is -2.53. The van der Waals surface area contributed by atoms with Crippen molar-refractivity contribution in [1.29, 1.82) is 0 Å². The predicted molar refractivity (Wildman–Crippen MR) is 92.4 cm³/mol. The number of carboxylic acid groups (broad SMARTS) is 1. The van der Waals surface area contributed by atoms with E-state index < -0.39 is 5.97 Å². The van der Waals surface area contributed by atoms with Crippen LogP contribution in [0.1, 0.15) is 30.9 Å². The number of rotatable bonds is 7. The highest BCUT2D eigenvalue weighted by Crippen LogP contribution is 2.28. The zero-order valence-electron chi connectivity index (χ0n) is 12.9. The van der Waals surface area contributed by atoms with Gasteiger partial charge in [-0.1, -0.05) is 34.5 Å². The molecular weight excluding hydrogens is 368 g/mol. The van der Waals surface area contributed by atoms with Crippen LogP contribution in [0.5, 0.6) is 0 Å². The van der Waals surface area contributed by atoms with E-state index in [1.54, 1.807) is 0 Å². The average Bonchev–Trinajstić information content (AvgIpc) is 2.40. The van der Waals surface area contributed by atoms with Crippen molar-refractivity contribution in [2.75, 3.05) is 13.1 Å². The van der Waals surface area contributed by atoms with Crippen molar-refractivity contribution in [2.24, 2.45) is 0 Å². The molecule has 0 radical (unpaired) electrons. The Kier molecular flexibility index (Phi) is 6.26. The van der Waals surface area contributed by atoms with E-state index in [1.165, 1.54) is 0 Å². The van der Waals surface area contributed by atoms with Gasteiger partial charge in [-0.2, -0.15) is 0 Å². The van der Waals surface area contributed by atoms with Crippen LogP contribution in [0.15, 0.2) is 16.6 Å². The molecule has 1 aromatic carbocycles. The Bertz CT molecular complexity index is 547. The Hall–Kier alpha value is -0.620. The summed E-state index contributed by atoms with van der Waals surface area (Å²) in [4.78, 5) is 12.9. The quantitative estimate of drug-likeness (QED) is 0.750. The Labute approximate surface area is 145 Å². The SMILES string of the molecule is CCN(CC(=O)O)C1CC(NCc2cc(Cl)c(C)cc2Br)C1. The molecule has 0 amide bonds. The van der Waals surface area contributed by atoms with Crippen molar-refractivity contribution in [3.63, 3.8) is 0 Å². The minimum atomic E-state index is -0.753. The third-order valence-corrected chi connectivity index (χ3v) is 5.43. The summed E-state index contributed by atoms with van der Waals surface area (Å²) in [6.07, 6.45) is 2.00. The zero-order chi connectivity index (χ0) is 16.3. The van der Waals surface area contributed by atoms with E-state index in [2.05, 4.69) is 21.2 Å². The first-order valence-electron chi connectivity index (χ1n) is 7.54. The van der Waals surface area contributed by atoms with Crippen LogP contribution in [0.25, 0.3) is 0 Å². The molecule has 6 heteroatoms. The molecule has 1 aliphatic rings. The van der Waals surface area contributed by atoms with Gasteiger partial charge in [0, 0.05) is 28.1 Å². The highest BCUT2D eigenvalue weighted by Gasteiger charge is 2.33. The molecule has 1 fully saturated rings. The van der Waals surface area contributed by atoms with Crippen molar-refractivity contribution >= 4 is 33.5 Å². The van der Waals surface area contributed by atoms with Gasteiger partial charge in [0.1, 0.15) is 0 Å². The molecule has 4 nitrogen and oxygen atoms in total. The fourth-order valence-electron chi connectivity index (χ4n) is 2.80. The average molecular weight is 390 g/mol. The molecule has 0 aromatic heterocycles. The van der Waals surface area contributed by atoms with Crippen LogP contribution in [0.3, 0.4) is 0 Å². The van der Waals surface area contributed by atoms with Gasteiger partial charge in [-0.15, -0.1) is 0 Å². The number of hydrogen-bond acceptors (Lipinski definition) is 3. The second-order valence-electron chi connectivity index (χ2n) is 5.85. The molecular formula is C16H22BrClN2O2. The van der Waals surface area contributed by atoms with E-state index in [0.29, 0.717) is 12.1 Å². The molecule has 1 aliphatic carbocycles. The summed E-state index contributed by atoms with van der Waals surface area (Å²) in [5.41, 5.74) is 2.21. The first-order chi connectivity index (χ1) is 10.4. The highest BCUT2D eigenvalue weighted by molar-refractivity contribution is 9.10. The monoisotopic (exact) mass is 388 g/mol. The predicted octanol–water partition coefficient (Wildman–Crippen LogP) is 3.44. The van der Waals surface area contributed by atoms with Crippen molar-refractivity contribution in [1.82, 2.24) is 10.2 Å². The maximum absolute atomic E-state index is 10.8. The molecule has 0 bridgehead atoms. The number of halogens is 2. The van der Waals surface area contributed by atoms with E-state index in [1.807, 2.05) is 30.9 Å². The van der Waals surface area contributed by atoms with E-state index in [0.717, 1.165) is 46.6 Å². The van der Waals surface area contributed by atoms with Crippen LogP contribution in [-0.4, -0.2) is 41.1 Å². The summed E-state index contributed by atoms with van der Waals surface area (Å²) in [5, 5.41) is 13.2. The van der Waals surface area contributed by atoms with Crippen molar-refractivity contribution in [2.45, 2.75) is 45.3 Å². The fourth-order valence-corrected chi connectivity index (χ4v) is 3.59. The highest BCUT2D eigenvalue weighted by atomic mass is 79.9. The number of hydrogen-bond donors (Lipinski definition) is 2. The van der Waals surface area contributed by atoms with Crippen molar-refractivity contribution < 1.29 is 9.90 Å². The lowest BCUT2D eigenvalue weighted by atomic mass is 9.85. The van der Waals surface area contributed by atoms with Gasteiger partial charge in [-0.3, -0.25) is 9.69 Å². The summed E-state index contributed by atoms with van der Waals surface area (Å²) in [6, 6.07) is 4.85. The molecule has 0 spiro atoms. The largest absolute Gasteiger partial charge is 0.480 e. The van der Waals surface area contributed by atoms with Gasteiger partial charge in [0.15, 0.2) is 0 Å². The van der Waals surface area contributed by atoms with Crippen LogP contribution >= 0.6 is 27.5 Å². The third kappa shape index (κ3) is 4.44. The minimum absolute atomic E-state index is 0.132. The third-order valence-electron chi connectivity index (χ3n) is 4.28. The van der Waals surface area contributed by atoms with Crippen LogP contribution in [0.2, 0.25) is 5.02 Å². The molecule has 2 N–H and O–H groups in total. The van der Waals surface area contributed by atoms with Gasteiger partial charge >= 0.3 is 5.97 Å². The van der Waals surface area contributed by atoms with Gasteiger partial charge < -0.3 is 10.4 Å². The van der Waals surface area contributed by atoms with Gasteiger partial charge in [0.25, 0.3) is 0 Å². The smallest absolute Gasteiger partial charge is 0.317 e. The van der Waals surface area contributed by atoms with Gasteiger partial charge in [0.2, 0.25) is 0 Å². The summed E-state index contributed by atoms with van der Waals surface area (Å²) in [5.74, 6) is -0.753. The minimum Gasteiger partial charge on any atom is -0.480 e. The summed E-state index contributed by atoms with van der Waals surface area (Å²) in [7, 11) is 0. The lowest BCUT2D eigenvalue weighted by Gasteiger charge is -2.42. The van der Waals surface area contributed by atoms with Crippen LogP contribution in [0, 0.1) is 6.92 Å². The number of carbonyl (C=O) groups is 1. The van der Waals surface area contributed by atoms with E-state index in [9.17, 15) is 4.79 Å². The molecule has 0 atom stereocenters. The first kappa shape index (κ1) is 17.7. The molecule has 0 saturated heterocycles. The second kappa shape index (κ2) is 7.77. The number of carboxylic acids is 1.